The first kappa shape index (κ1) is 18.2. The van der Waals surface area contributed by atoms with Crippen molar-refractivity contribution in [3.05, 3.63) is 71.3 Å². The van der Waals surface area contributed by atoms with Gasteiger partial charge in [0, 0.05) is 13.0 Å². The van der Waals surface area contributed by atoms with Gasteiger partial charge in [-0.15, -0.1) is 0 Å². The Morgan fingerprint density at radius 2 is 1.85 bits per heavy atom. The molecule has 2 aromatic rings. The van der Waals surface area contributed by atoms with Gasteiger partial charge in [0.05, 0.1) is 6.54 Å². The quantitative estimate of drug-likeness (QED) is 0.825. The molecule has 0 saturated carbocycles. The third-order valence-electron chi connectivity index (χ3n) is 4.01. The van der Waals surface area contributed by atoms with Crippen molar-refractivity contribution in [3.63, 3.8) is 0 Å². The summed E-state index contributed by atoms with van der Waals surface area (Å²) in [5, 5.41) is 5.76. The van der Waals surface area contributed by atoms with Gasteiger partial charge in [-0.05, 0) is 18.1 Å². The molecule has 0 radical (unpaired) electrons. The van der Waals surface area contributed by atoms with Crippen molar-refractivity contribution in [2.24, 2.45) is 4.99 Å². The third-order valence-corrected chi connectivity index (χ3v) is 5.13. The van der Waals surface area contributed by atoms with Gasteiger partial charge < -0.3 is 10.6 Å². The van der Waals surface area contributed by atoms with E-state index in [-0.39, 0.29) is 18.2 Å². The van der Waals surface area contributed by atoms with E-state index in [1.807, 2.05) is 61.5 Å². The number of nitrogens with zero attached hydrogens (tertiary/aromatic N) is 1. The molecule has 2 amide bonds. The Bertz CT molecular complexity index is 804. The van der Waals surface area contributed by atoms with Gasteiger partial charge in [0.2, 0.25) is 11.8 Å². The molecule has 1 aliphatic heterocycles. The Balaban J connectivity index is 1.48. The highest BCUT2D eigenvalue weighted by molar-refractivity contribution is 8.15. The minimum Gasteiger partial charge on any atom is -0.352 e. The van der Waals surface area contributed by atoms with Crippen LogP contribution < -0.4 is 10.6 Å². The lowest BCUT2D eigenvalue weighted by molar-refractivity contribution is -0.125. The lowest BCUT2D eigenvalue weighted by Crippen LogP contribution is -2.31. The Morgan fingerprint density at radius 1 is 1.12 bits per heavy atom. The van der Waals surface area contributed by atoms with E-state index in [9.17, 15) is 9.59 Å². The molecule has 0 aliphatic carbocycles. The van der Waals surface area contributed by atoms with Crippen molar-refractivity contribution in [2.75, 3.05) is 0 Å². The Morgan fingerprint density at radius 3 is 2.58 bits per heavy atom. The largest absolute Gasteiger partial charge is 0.352 e. The number of amides is 2. The summed E-state index contributed by atoms with van der Waals surface area (Å²) in [6.07, 6.45) is 0.146. The highest BCUT2D eigenvalue weighted by Crippen LogP contribution is 2.23. The molecule has 0 spiro atoms. The third kappa shape index (κ3) is 5.20. The Hall–Kier alpha value is -2.60. The molecule has 2 N–H and O–H groups in total. The summed E-state index contributed by atoms with van der Waals surface area (Å²) in [6, 6.07) is 17.8. The summed E-state index contributed by atoms with van der Waals surface area (Å²) in [7, 11) is 0. The molecule has 26 heavy (non-hydrogen) atoms. The van der Waals surface area contributed by atoms with Gasteiger partial charge in [-0.2, -0.15) is 0 Å². The van der Waals surface area contributed by atoms with Gasteiger partial charge in [0.25, 0.3) is 0 Å². The van der Waals surface area contributed by atoms with Gasteiger partial charge in [0.15, 0.2) is 5.17 Å². The van der Waals surface area contributed by atoms with Gasteiger partial charge in [-0.1, -0.05) is 71.9 Å². The van der Waals surface area contributed by atoms with Crippen LogP contribution in [0.15, 0.2) is 59.6 Å². The van der Waals surface area contributed by atoms with Crippen LogP contribution in [0.4, 0.5) is 0 Å². The molecule has 5 nitrogen and oxygen atoms in total. The summed E-state index contributed by atoms with van der Waals surface area (Å²) in [5.74, 6) is -0.297. The van der Waals surface area contributed by atoms with Gasteiger partial charge in [-0.25, -0.2) is 0 Å². The highest BCUT2D eigenvalue weighted by Gasteiger charge is 2.31. The van der Waals surface area contributed by atoms with Crippen LogP contribution in [-0.4, -0.2) is 22.2 Å². The average molecular weight is 367 g/mol. The summed E-state index contributed by atoms with van der Waals surface area (Å²) in [6.45, 7) is 3.01. The molecule has 0 aromatic heterocycles. The fourth-order valence-corrected chi connectivity index (χ4v) is 3.48. The minimum atomic E-state index is -0.428. The van der Waals surface area contributed by atoms with Gasteiger partial charge >= 0.3 is 0 Å². The number of rotatable bonds is 6. The predicted octanol–water partition coefficient (Wildman–Crippen LogP) is 2.79. The number of carbonyl (C=O) groups is 2. The molecule has 1 fully saturated rings. The number of benzene rings is 2. The van der Waals surface area contributed by atoms with E-state index in [2.05, 4.69) is 15.6 Å². The smallest absolute Gasteiger partial charge is 0.240 e. The number of hydrogen-bond acceptors (Lipinski definition) is 4. The molecule has 0 bridgehead atoms. The van der Waals surface area contributed by atoms with Crippen molar-refractivity contribution in [1.82, 2.24) is 10.6 Å². The molecule has 3 rings (SSSR count). The Labute approximate surface area is 157 Å². The van der Waals surface area contributed by atoms with Crippen LogP contribution in [0.5, 0.6) is 0 Å². The van der Waals surface area contributed by atoms with Crippen LogP contribution in [0, 0.1) is 6.92 Å². The zero-order valence-corrected chi connectivity index (χ0v) is 15.4. The summed E-state index contributed by atoms with van der Waals surface area (Å²) in [5.41, 5.74) is 3.32. The molecule has 1 saturated heterocycles. The zero-order chi connectivity index (χ0) is 18.4. The summed E-state index contributed by atoms with van der Waals surface area (Å²) >= 11 is 1.32. The van der Waals surface area contributed by atoms with E-state index in [1.165, 1.54) is 17.3 Å². The second kappa shape index (κ2) is 8.67. The number of aliphatic imine (C=N–C) groups is 1. The van der Waals surface area contributed by atoms with Crippen molar-refractivity contribution < 1.29 is 9.59 Å². The number of nitrogens with one attached hydrogen (secondary N) is 2. The fraction of sp³-hybridized carbons (Fsp3) is 0.250. The lowest BCUT2D eigenvalue weighted by atomic mass is 10.1. The predicted molar refractivity (Wildman–Crippen MR) is 105 cm³/mol. The lowest BCUT2D eigenvalue weighted by Gasteiger charge is -2.07. The maximum Gasteiger partial charge on any atom is 0.240 e. The molecule has 134 valence electrons. The maximum atomic E-state index is 12.1. The molecule has 6 heteroatoms. The van der Waals surface area contributed by atoms with Gasteiger partial charge in [-0.3, -0.25) is 14.6 Å². The highest BCUT2D eigenvalue weighted by atomic mass is 32.2. The number of hydrogen-bond donors (Lipinski definition) is 2. The number of aryl methyl sites for hydroxylation is 1. The van der Waals surface area contributed by atoms with Crippen LogP contribution in [0.2, 0.25) is 0 Å². The van der Waals surface area contributed by atoms with Crippen molar-refractivity contribution in [3.8, 4) is 0 Å². The number of thioether (sulfide) groups is 1. The SMILES string of the molecule is Cc1ccc(CN=C2NC(=O)[C@@H](CC(=O)NCc3ccccc3)S2)cc1. The fourth-order valence-electron chi connectivity index (χ4n) is 2.51. The van der Waals surface area contributed by atoms with E-state index in [4.69, 9.17) is 0 Å². The average Bonchev–Trinajstić information content (AvgIpc) is 3.00. The van der Waals surface area contributed by atoms with E-state index in [0.717, 1.165) is 11.1 Å². The van der Waals surface area contributed by atoms with E-state index >= 15 is 0 Å². The first-order chi connectivity index (χ1) is 12.6. The van der Waals surface area contributed by atoms with Crippen LogP contribution >= 0.6 is 11.8 Å². The second-order valence-electron chi connectivity index (χ2n) is 6.17. The van der Waals surface area contributed by atoms with E-state index < -0.39 is 5.25 Å². The molecule has 0 unspecified atom stereocenters. The molecule has 1 atom stereocenters. The first-order valence-electron chi connectivity index (χ1n) is 8.48. The van der Waals surface area contributed by atoms with Crippen LogP contribution in [0.25, 0.3) is 0 Å². The molecule has 1 heterocycles. The maximum absolute atomic E-state index is 12.1. The standard InChI is InChI=1S/C20H21N3O2S/c1-14-7-9-16(10-8-14)13-22-20-23-19(25)17(26-20)11-18(24)21-12-15-5-3-2-4-6-15/h2-10,17H,11-13H2,1H3,(H,21,24)(H,22,23,25)/t17-/m1/s1. The number of carbonyl (C=O) groups excluding carboxylic acids is 2. The second-order valence-corrected chi connectivity index (χ2v) is 7.36. The summed E-state index contributed by atoms with van der Waals surface area (Å²) < 4.78 is 0. The van der Waals surface area contributed by atoms with Crippen LogP contribution in [0.3, 0.4) is 0 Å². The summed E-state index contributed by atoms with van der Waals surface area (Å²) in [4.78, 5) is 28.6. The van der Waals surface area contributed by atoms with Crippen molar-refractivity contribution >= 4 is 28.7 Å². The van der Waals surface area contributed by atoms with Crippen LogP contribution in [-0.2, 0) is 22.7 Å². The van der Waals surface area contributed by atoms with Crippen molar-refractivity contribution in [2.45, 2.75) is 31.7 Å². The monoisotopic (exact) mass is 367 g/mol. The molecular formula is C20H21N3O2S. The zero-order valence-electron chi connectivity index (χ0n) is 14.6. The first-order valence-corrected chi connectivity index (χ1v) is 9.36. The topological polar surface area (TPSA) is 70.6 Å². The van der Waals surface area contributed by atoms with E-state index in [0.29, 0.717) is 18.3 Å². The molecule has 2 aromatic carbocycles. The van der Waals surface area contributed by atoms with Crippen LogP contribution in [0.1, 0.15) is 23.1 Å². The number of amidine groups is 1. The van der Waals surface area contributed by atoms with Gasteiger partial charge in [0.1, 0.15) is 5.25 Å². The minimum absolute atomic E-state index is 0.138. The molecular weight excluding hydrogens is 346 g/mol. The van der Waals surface area contributed by atoms with E-state index in [1.54, 1.807) is 0 Å². The Kier molecular flexibility index (Phi) is 6.07. The van der Waals surface area contributed by atoms with Crippen molar-refractivity contribution in [1.29, 1.82) is 0 Å². The normalized spacial score (nSPS) is 18.0. The molecule has 1 aliphatic rings.